The highest BCUT2D eigenvalue weighted by molar-refractivity contribution is 5.90. The lowest BCUT2D eigenvalue weighted by Gasteiger charge is -2.18. The van der Waals surface area contributed by atoms with Crippen LogP contribution in [0.1, 0.15) is 17.0 Å². The molecule has 1 saturated heterocycles. The van der Waals surface area contributed by atoms with Crippen molar-refractivity contribution in [2.45, 2.75) is 12.8 Å². The van der Waals surface area contributed by atoms with E-state index in [1.54, 1.807) is 7.11 Å². The molecule has 2 unspecified atom stereocenters. The fraction of sp³-hybridized carbons (Fsp3) is 0.300. The van der Waals surface area contributed by atoms with Crippen LogP contribution in [0.3, 0.4) is 0 Å². The summed E-state index contributed by atoms with van der Waals surface area (Å²) in [6.07, 6.45) is 0. The van der Waals surface area contributed by atoms with Crippen LogP contribution >= 0.6 is 0 Å². The number of benzene rings is 2. The van der Waals surface area contributed by atoms with Crippen molar-refractivity contribution in [1.82, 2.24) is 10.6 Å². The molecule has 0 aliphatic carbocycles. The summed E-state index contributed by atoms with van der Waals surface area (Å²) in [5.41, 5.74) is 2.89. The Morgan fingerprint density at radius 2 is 1.85 bits per heavy atom. The summed E-state index contributed by atoms with van der Waals surface area (Å²) < 4.78 is 5.17. The van der Waals surface area contributed by atoms with Crippen LogP contribution in [0.5, 0.6) is 5.75 Å². The minimum absolute atomic E-state index is 0.0214. The Balaban J connectivity index is 1.60. The van der Waals surface area contributed by atoms with Gasteiger partial charge in [-0.15, -0.1) is 0 Å². The molecule has 0 saturated carbocycles. The molecule has 2 aromatic rings. The van der Waals surface area contributed by atoms with Crippen molar-refractivity contribution in [2.24, 2.45) is 5.92 Å². The lowest BCUT2D eigenvalue weighted by atomic mass is 9.88. The van der Waals surface area contributed by atoms with Gasteiger partial charge in [0.15, 0.2) is 0 Å². The third-order valence-electron chi connectivity index (χ3n) is 4.65. The minimum atomic E-state index is -0.318. The van der Waals surface area contributed by atoms with Crippen molar-refractivity contribution < 1.29 is 14.3 Å². The molecule has 6 heteroatoms. The highest BCUT2D eigenvalue weighted by Gasteiger charge is 2.35. The first-order valence-electron chi connectivity index (χ1n) is 8.60. The fourth-order valence-electron chi connectivity index (χ4n) is 3.12. The number of aryl methyl sites for hydroxylation is 1. The van der Waals surface area contributed by atoms with Gasteiger partial charge in [-0.1, -0.05) is 29.8 Å². The molecule has 1 aliphatic heterocycles. The summed E-state index contributed by atoms with van der Waals surface area (Å²) in [4.78, 5) is 24.3. The largest absolute Gasteiger partial charge is 0.497 e. The van der Waals surface area contributed by atoms with Crippen LogP contribution in [0, 0.1) is 12.8 Å². The van der Waals surface area contributed by atoms with Crippen LogP contribution in [-0.4, -0.2) is 32.1 Å². The zero-order valence-electron chi connectivity index (χ0n) is 14.9. The highest BCUT2D eigenvalue weighted by Crippen LogP contribution is 2.29. The third-order valence-corrected chi connectivity index (χ3v) is 4.65. The normalized spacial score (nSPS) is 18.9. The second-order valence-corrected chi connectivity index (χ2v) is 6.43. The van der Waals surface area contributed by atoms with E-state index in [-0.39, 0.29) is 30.3 Å². The van der Waals surface area contributed by atoms with E-state index in [1.807, 2.05) is 55.5 Å². The van der Waals surface area contributed by atoms with Crippen LogP contribution in [-0.2, 0) is 4.79 Å². The summed E-state index contributed by atoms with van der Waals surface area (Å²) in [6, 6.07) is 14.9. The van der Waals surface area contributed by atoms with E-state index in [1.165, 1.54) is 0 Å². The van der Waals surface area contributed by atoms with Gasteiger partial charge in [0, 0.05) is 24.7 Å². The number of nitrogens with one attached hydrogen (secondary N) is 3. The van der Waals surface area contributed by atoms with E-state index in [0.29, 0.717) is 6.54 Å². The maximum Gasteiger partial charge on any atom is 0.319 e. The third kappa shape index (κ3) is 4.14. The summed E-state index contributed by atoms with van der Waals surface area (Å²) in [7, 11) is 1.62. The molecule has 1 aliphatic rings. The van der Waals surface area contributed by atoms with Gasteiger partial charge in [0.25, 0.3) is 0 Å². The average Bonchev–Trinajstić information content (AvgIpc) is 3.02. The second-order valence-electron chi connectivity index (χ2n) is 6.43. The Kier molecular flexibility index (Phi) is 5.41. The predicted molar refractivity (Wildman–Crippen MR) is 100 cm³/mol. The van der Waals surface area contributed by atoms with Crippen LogP contribution in [0.4, 0.5) is 10.5 Å². The topological polar surface area (TPSA) is 79.5 Å². The van der Waals surface area contributed by atoms with Crippen LogP contribution in [0.15, 0.2) is 48.5 Å². The van der Waals surface area contributed by atoms with Crippen molar-refractivity contribution in [3.8, 4) is 5.75 Å². The number of anilines is 1. The van der Waals surface area contributed by atoms with E-state index >= 15 is 0 Å². The summed E-state index contributed by atoms with van der Waals surface area (Å²) in [5.74, 6) is 0.458. The molecular weight excluding hydrogens is 330 g/mol. The Morgan fingerprint density at radius 1 is 1.15 bits per heavy atom. The van der Waals surface area contributed by atoms with Gasteiger partial charge in [0.2, 0.25) is 5.91 Å². The monoisotopic (exact) mass is 353 g/mol. The molecule has 0 aromatic heterocycles. The molecule has 3 rings (SSSR count). The number of hydrogen-bond donors (Lipinski definition) is 3. The average molecular weight is 353 g/mol. The molecule has 1 heterocycles. The minimum Gasteiger partial charge on any atom is -0.497 e. The maximum absolute atomic E-state index is 12.2. The summed E-state index contributed by atoms with van der Waals surface area (Å²) in [5, 5.41) is 8.47. The molecule has 0 bridgehead atoms. The zero-order chi connectivity index (χ0) is 18.5. The van der Waals surface area contributed by atoms with Gasteiger partial charge in [0.1, 0.15) is 5.75 Å². The molecule has 6 nitrogen and oxygen atoms in total. The molecule has 2 aromatic carbocycles. The van der Waals surface area contributed by atoms with Crippen molar-refractivity contribution in [2.75, 3.05) is 25.5 Å². The van der Waals surface area contributed by atoms with Gasteiger partial charge < -0.3 is 20.7 Å². The smallest absolute Gasteiger partial charge is 0.319 e. The molecule has 3 amide bonds. The fourth-order valence-corrected chi connectivity index (χ4v) is 3.12. The van der Waals surface area contributed by atoms with Gasteiger partial charge >= 0.3 is 6.03 Å². The number of hydrogen-bond acceptors (Lipinski definition) is 3. The first-order chi connectivity index (χ1) is 12.6. The molecule has 3 N–H and O–H groups in total. The Bertz CT molecular complexity index is 772. The Labute approximate surface area is 152 Å². The molecule has 1 fully saturated rings. The maximum atomic E-state index is 12.2. The molecule has 0 radical (unpaired) electrons. The highest BCUT2D eigenvalue weighted by atomic mass is 16.5. The summed E-state index contributed by atoms with van der Waals surface area (Å²) >= 11 is 0. The second kappa shape index (κ2) is 7.91. The molecule has 0 spiro atoms. The van der Waals surface area contributed by atoms with E-state index < -0.39 is 0 Å². The first-order valence-corrected chi connectivity index (χ1v) is 8.60. The number of carbonyl (C=O) groups excluding carboxylic acids is 2. The van der Waals surface area contributed by atoms with Crippen molar-refractivity contribution in [3.05, 3.63) is 59.7 Å². The van der Waals surface area contributed by atoms with Gasteiger partial charge in [-0.05, 0) is 36.8 Å². The lowest BCUT2D eigenvalue weighted by Crippen LogP contribution is -2.37. The van der Waals surface area contributed by atoms with Crippen molar-refractivity contribution >= 4 is 17.6 Å². The number of amides is 3. The van der Waals surface area contributed by atoms with Crippen molar-refractivity contribution in [3.63, 3.8) is 0 Å². The Hall–Kier alpha value is -3.02. The van der Waals surface area contributed by atoms with Gasteiger partial charge in [0.05, 0.1) is 13.0 Å². The number of ether oxygens (including phenoxy) is 1. The first kappa shape index (κ1) is 17.8. The van der Waals surface area contributed by atoms with E-state index in [4.69, 9.17) is 4.74 Å². The number of rotatable bonds is 5. The van der Waals surface area contributed by atoms with Crippen LogP contribution < -0.4 is 20.7 Å². The summed E-state index contributed by atoms with van der Waals surface area (Å²) in [6.45, 7) is 2.83. The zero-order valence-corrected chi connectivity index (χ0v) is 14.9. The number of urea groups is 1. The van der Waals surface area contributed by atoms with Crippen LogP contribution in [0.2, 0.25) is 0 Å². The van der Waals surface area contributed by atoms with Gasteiger partial charge in [-0.2, -0.15) is 0 Å². The predicted octanol–water partition coefficient (Wildman–Crippen LogP) is 2.65. The SMILES string of the molecule is COc1ccc(C2CNC(=O)C2CNC(=O)Nc2ccc(C)cc2)cc1. The van der Waals surface area contributed by atoms with Crippen molar-refractivity contribution in [1.29, 1.82) is 0 Å². The van der Waals surface area contributed by atoms with E-state index in [0.717, 1.165) is 22.6 Å². The quantitative estimate of drug-likeness (QED) is 0.773. The number of carbonyl (C=O) groups is 2. The molecule has 26 heavy (non-hydrogen) atoms. The van der Waals surface area contributed by atoms with Gasteiger partial charge in [-0.25, -0.2) is 4.79 Å². The Morgan fingerprint density at radius 3 is 2.50 bits per heavy atom. The van der Waals surface area contributed by atoms with Crippen LogP contribution in [0.25, 0.3) is 0 Å². The van der Waals surface area contributed by atoms with E-state index in [9.17, 15) is 9.59 Å². The molecule has 2 atom stereocenters. The lowest BCUT2D eigenvalue weighted by molar-refractivity contribution is -0.122. The van der Waals surface area contributed by atoms with E-state index in [2.05, 4.69) is 16.0 Å². The van der Waals surface area contributed by atoms with Gasteiger partial charge in [-0.3, -0.25) is 4.79 Å². The standard InChI is InChI=1S/C20H23N3O3/c1-13-3-7-15(8-4-13)23-20(25)22-12-18-17(11-21-19(18)24)14-5-9-16(26-2)10-6-14/h3-10,17-18H,11-12H2,1-2H3,(H,21,24)(H2,22,23,25). The molecule has 136 valence electrons. The number of methoxy groups -OCH3 is 1. The molecular formula is C20H23N3O3.